The second kappa shape index (κ2) is 8.49. The first-order valence-electron chi connectivity index (χ1n) is 11.6. The minimum Gasteiger partial charge on any atom is -0.464 e. The Labute approximate surface area is 204 Å². The summed E-state index contributed by atoms with van der Waals surface area (Å²) in [5.74, 6) is -0.505. The number of halogens is 1. The number of nitrogen functional groups attached to an aromatic ring is 1. The lowest BCUT2D eigenvalue weighted by Gasteiger charge is -2.35. The number of nitrogens with zero attached hydrogens (tertiary/aromatic N) is 2. The molecule has 2 fully saturated rings. The molecule has 3 heterocycles. The van der Waals surface area contributed by atoms with Gasteiger partial charge in [0.15, 0.2) is 5.13 Å². The number of benzene rings is 2. The van der Waals surface area contributed by atoms with Gasteiger partial charge in [-0.05, 0) is 61.1 Å². The topological polar surface area (TPSA) is 101 Å². The highest BCUT2D eigenvalue weighted by Gasteiger charge is 2.49. The zero-order valence-corrected chi connectivity index (χ0v) is 19.6. The van der Waals surface area contributed by atoms with Crippen LogP contribution in [0.25, 0.3) is 21.4 Å². The maximum Gasteiger partial charge on any atom is 0.274 e. The molecule has 0 radical (unpaired) electrons. The Morgan fingerprint density at radius 1 is 1.20 bits per heavy atom. The van der Waals surface area contributed by atoms with Crippen LogP contribution in [-0.2, 0) is 0 Å². The molecule has 7 nitrogen and oxygen atoms in total. The number of fused-ring (bicyclic) bond motifs is 3. The Balaban J connectivity index is 1.26. The molecule has 2 aliphatic rings. The third kappa shape index (κ3) is 3.76. The SMILES string of the molecule is Nc1nc(C(=O)N2[C@@H]3CC[C@@H](C3)[C@H]2CNC(=O)c2cccc3occc23)c(-c2cccc(F)c2)s1. The number of hydrogen-bond donors (Lipinski definition) is 2. The van der Waals surface area contributed by atoms with E-state index in [1.54, 1.807) is 36.6 Å². The number of carbonyl (C=O) groups is 2. The summed E-state index contributed by atoms with van der Waals surface area (Å²) in [6.45, 7) is 0.342. The smallest absolute Gasteiger partial charge is 0.274 e. The van der Waals surface area contributed by atoms with E-state index >= 15 is 0 Å². The largest absolute Gasteiger partial charge is 0.464 e. The molecule has 3 atom stereocenters. The maximum atomic E-state index is 13.9. The molecule has 0 unspecified atom stereocenters. The summed E-state index contributed by atoms with van der Waals surface area (Å²) >= 11 is 1.18. The second-order valence-corrected chi connectivity index (χ2v) is 10.1. The van der Waals surface area contributed by atoms with E-state index < -0.39 is 0 Å². The minimum atomic E-state index is -0.388. The summed E-state index contributed by atoms with van der Waals surface area (Å²) in [6.07, 6.45) is 4.40. The van der Waals surface area contributed by atoms with Crippen molar-refractivity contribution in [2.75, 3.05) is 12.3 Å². The molecule has 1 saturated heterocycles. The van der Waals surface area contributed by atoms with E-state index in [1.165, 1.54) is 23.5 Å². The lowest BCUT2D eigenvalue weighted by molar-refractivity contribution is 0.0578. The molecule has 6 rings (SSSR count). The number of piperidine rings is 1. The fourth-order valence-electron chi connectivity index (χ4n) is 5.59. The van der Waals surface area contributed by atoms with Gasteiger partial charge in [0.2, 0.25) is 0 Å². The van der Waals surface area contributed by atoms with E-state index in [2.05, 4.69) is 10.3 Å². The number of aromatic nitrogens is 1. The standard InChI is InChI=1S/C26H23FN4O3S/c27-16-4-1-3-15(11-16)23-22(30-26(28)35-23)25(33)31-17-8-7-14(12-17)20(31)13-29-24(32)19-5-2-6-21-18(19)9-10-34-21/h1-6,9-11,14,17,20H,7-8,12-13H2,(H2,28,30)(H,29,32)/t14-,17+,20+/m0/s1. The minimum absolute atomic E-state index is 0.0926. The molecule has 2 amide bonds. The molecule has 178 valence electrons. The number of likely N-dealkylation sites (tertiary alicyclic amines) is 1. The van der Waals surface area contributed by atoms with E-state index in [0.717, 1.165) is 24.6 Å². The summed E-state index contributed by atoms with van der Waals surface area (Å²) in [5.41, 5.74) is 7.99. The number of carbonyl (C=O) groups excluding carboxylic acids is 2. The predicted molar refractivity (Wildman–Crippen MR) is 132 cm³/mol. The molecule has 1 saturated carbocycles. The fraction of sp³-hybridized carbons (Fsp3) is 0.269. The molecular weight excluding hydrogens is 467 g/mol. The van der Waals surface area contributed by atoms with Crippen molar-refractivity contribution in [1.82, 2.24) is 15.2 Å². The van der Waals surface area contributed by atoms with Gasteiger partial charge in [-0.15, -0.1) is 0 Å². The van der Waals surface area contributed by atoms with Crippen LogP contribution in [-0.4, -0.2) is 40.3 Å². The summed E-state index contributed by atoms with van der Waals surface area (Å²) in [5, 5.41) is 4.05. The van der Waals surface area contributed by atoms with Crippen molar-refractivity contribution in [3.8, 4) is 10.4 Å². The van der Waals surface area contributed by atoms with Crippen molar-refractivity contribution in [2.45, 2.75) is 31.3 Å². The molecule has 3 N–H and O–H groups in total. The van der Waals surface area contributed by atoms with Gasteiger partial charge in [-0.3, -0.25) is 9.59 Å². The van der Waals surface area contributed by atoms with E-state index in [-0.39, 0.29) is 40.5 Å². The van der Waals surface area contributed by atoms with Gasteiger partial charge < -0.3 is 20.4 Å². The molecule has 0 spiro atoms. The monoisotopic (exact) mass is 490 g/mol. The van der Waals surface area contributed by atoms with E-state index in [0.29, 0.717) is 34.0 Å². The molecule has 4 aromatic rings. The van der Waals surface area contributed by atoms with Gasteiger partial charge in [0, 0.05) is 18.0 Å². The maximum absolute atomic E-state index is 13.9. The van der Waals surface area contributed by atoms with Gasteiger partial charge in [0.1, 0.15) is 17.1 Å². The van der Waals surface area contributed by atoms with Crippen LogP contribution in [0, 0.1) is 11.7 Å². The highest BCUT2D eigenvalue weighted by atomic mass is 32.1. The normalized spacial score (nSPS) is 21.1. The molecule has 1 aliphatic heterocycles. The van der Waals surface area contributed by atoms with Crippen LogP contribution in [0.3, 0.4) is 0 Å². The van der Waals surface area contributed by atoms with Gasteiger partial charge in [-0.2, -0.15) is 0 Å². The molecular formula is C26H23FN4O3S. The molecule has 1 aliphatic carbocycles. The van der Waals surface area contributed by atoms with E-state index in [9.17, 15) is 14.0 Å². The van der Waals surface area contributed by atoms with Crippen LogP contribution < -0.4 is 11.1 Å². The Kier molecular flexibility index (Phi) is 5.29. The third-order valence-electron chi connectivity index (χ3n) is 7.12. The summed E-state index contributed by atoms with van der Waals surface area (Å²) in [6, 6.07) is 13.2. The average molecular weight is 491 g/mol. The number of thiazole rings is 1. The molecule has 2 bridgehead atoms. The number of amides is 2. The number of rotatable bonds is 5. The van der Waals surface area contributed by atoms with Crippen molar-refractivity contribution >= 4 is 39.3 Å². The van der Waals surface area contributed by atoms with Crippen molar-refractivity contribution < 1.29 is 18.4 Å². The first-order chi connectivity index (χ1) is 17.0. The highest BCUT2D eigenvalue weighted by Crippen LogP contribution is 2.44. The van der Waals surface area contributed by atoms with Crippen LogP contribution in [0.15, 0.2) is 59.2 Å². The summed E-state index contributed by atoms with van der Waals surface area (Å²) < 4.78 is 19.3. The van der Waals surface area contributed by atoms with Crippen LogP contribution in [0.2, 0.25) is 0 Å². The molecule has 35 heavy (non-hydrogen) atoms. The van der Waals surface area contributed by atoms with E-state index in [1.807, 2.05) is 11.0 Å². The van der Waals surface area contributed by atoms with E-state index in [4.69, 9.17) is 10.2 Å². The molecule has 2 aromatic heterocycles. The fourth-order valence-corrected chi connectivity index (χ4v) is 6.41. The third-order valence-corrected chi connectivity index (χ3v) is 8.05. The molecule has 2 aromatic carbocycles. The van der Waals surface area contributed by atoms with Crippen molar-refractivity contribution in [1.29, 1.82) is 0 Å². The van der Waals surface area contributed by atoms with Crippen LogP contribution in [0.5, 0.6) is 0 Å². The predicted octanol–water partition coefficient (Wildman–Crippen LogP) is 4.70. The van der Waals surface area contributed by atoms with Crippen LogP contribution >= 0.6 is 11.3 Å². The molecule has 9 heteroatoms. The zero-order chi connectivity index (χ0) is 24.1. The summed E-state index contributed by atoms with van der Waals surface area (Å²) in [7, 11) is 0. The Morgan fingerprint density at radius 2 is 2.06 bits per heavy atom. The lowest BCUT2D eigenvalue weighted by Crippen LogP contribution is -2.50. The average Bonchev–Trinajstić information content (AvgIpc) is 3.65. The van der Waals surface area contributed by atoms with Crippen LogP contribution in [0.4, 0.5) is 9.52 Å². The first-order valence-corrected chi connectivity index (χ1v) is 12.4. The summed E-state index contributed by atoms with van der Waals surface area (Å²) in [4.78, 5) is 33.6. The Bertz CT molecular complexity index is 1450. The second-order valence-electron chi connectivity index (χ2n) is 9.09. The van der Waals surface area contributed by atoms with Crippen molar-refractivity contribution in [3.63, 3.8) is 0 Å². The number of hydrogen-bond acceptors (Lipinski definition) is 6. The van der Waals surface area contributed by atoms with Gasteiger partial charge >= 0.3 is 0 Å². The zero-order valence-electron chi connectivity index (χ0n) is 18.7. The quantitative estimate of drug-likeness (QED) is 0.422. The highest BCUT2D eigenvalue weighted by molar-refractivity contribution is 7.19. The van der Waals surface area contributed by atoms with Gasteiger partial charge in [-0.1, -0.05) is 29.5 Å². The number of nitrogens with two attached hydrogens (primary N) is 1. The van der Waals surface area contributed by atoms with Crippen molar-refractivity contribution in [2.24, 2.45) is 5.92 Å². The van der Waals surface area contributed by atoms with Crippen LogP contribution in [0.1, 0.15) is 40.1 Å². The number of furan rings is 1. The lowest BCUT2D eigenvalue weighted by atomic mass is 9.97. The Morgan fingerprint density at radius 3 is 2.91 bits per heavy atom. The van der Waals surface area contributed by atoms with Gasteiger partial charge in [-0.25, -0.2) is 9.37 Å². The van der Waals surface area contributed by atoms with Gasteiger partial charge in [0.05, 0.1) is 22.7 Å². The number of anilines is 1. The first kappa shape index (κ1) is 21.8. The number of nitrogens with one attached hydrogen (secondary N) is 1. The van der Waals surface area contributed by atoms with Gasteiger partial charge in [0.25, 0.3) is 11.8 Å². The van der Waals surface area contributed by atoms with Crippen molar-refractivity contribution in [3.05, 3.63) is 71.9 Å². The Hall–Kier alpha value is -3.72.